The molecule has 2 heteroatoms. The van der Waals surface area contributed by atoms with Gasteiger partial charge in [0.2, 0.25) is 0 Å². The van der Waals surface area contributed by atoms with E-state index < -0.39 is 0 Å². The summed E-state index contributed by atoms with van der Waals surface area (Å²) in [5.74, 6) is 0. The fourth-order valence-corrected chi connectivity index (χ4v) is 0.502. The largest absolute Gasteiger partial charge is 0.373 e. The van der Waals surface area contributed by atoms with E-state index in [0.717, 1.165) is 5.57 Å². The molecule has 0 saturated carbocycles. The van der Waals surface area contributed by atoms with Crippen LogP contribution in [0.25, 0.3) is 0 Å². The monoisotopic (exact) mass is 97.1 g/mol. The van der Waals surface area contributed by atoms with Crippen LogP contribution in [-0.4, -0.2) is 19.4 Å². The number of rotatable bonds is 1. The van der Waals surface area contributed by atoms with Gasteiger partial charge in [-0.2, -0.15) is 0 Å². The quantitative estimate of drug-likeness (QED) is 0.477. The van der Waals surface area contributed by atoms with E-state index in [2.05, 4.69) is 0 Å². The summed E-state index contributed by atoms with van der Waals surface area (Å²) in [5.41, 5.74) is 0.986. The first kappa shape index (κ1) is 4.53. The maximum absolute atomic E-state index is 6.73. The van der Waals surface area contributed by atoms with Crippen LogP contribution in [0.15, 0.2) is 11.6 Å². The van der Waals surface area contributed by atoms with Crippen LogP contribution < -0.4 is 0 Å². The summed E-state index contributed by atoms with van der Waals surface area (Å²) in [6.45, 7) is 1.31. The van der Waals surface area contributed by atoms with Crippen molar-refractivity contribution >= 4 is 6.21 Å². The second kappa shape index (κ2) is 1.89. The van der Waals surface area contributed by atoms with Gasteiger partial charge in [0.05, 0.1) is 13.2 Å². The van der Waals surface area contributed by atoms with Crippen LogP contribution in [0.1, 0.15) is 0 Å². The van der Waals surface area contributed by atoms with Crippen molar-refractivity contribution in [2.45, 2.75) is 0 Å². The molecule has 1 aliphatic rings. The zero-order valence-corrected chi connectivity index (χ0v) is 3.98. The minimum atomic E-state index is 0.628. The standard InChI is InChI=1S/C5H7NO/c6-3-5-1-2-7-4-5/h1,3,6H,2,4H2. The van der Waals surface area contributed by atoms with E-state index in [4.69, 9.17) is 10.1 Å². The number of ether oxygens (including phenoxy) is 1. The zero-order valence-electron chi connectivity index (χ0n) is 3.98. The topological polar surface area (TPSA) is 33.1 Å². The molecule has 0 aromatic rings. The van der Waals surface area contributed by atoms with E-state index in [-0.39, 0.29) is 0 Å². The fraction of sp³-hybridized carbons (Fsp3) is 0.400. The minimum absolute atomic E-state index is 0.628. The van der Waals surface area contributed by atoms with Crippen LogP contribution in [0.3, 0.4) is 0 Å². The summed E-state index contributed by atoms with van der Waals surface area (Å²) < 4.78 is 4.90. The summed E-state index contributed by atoms with van der Waals surface area (Å²) in [7, 11) is 0. The van der Waals surface area contributed by atoms with Gasteiger partial charge in [-0.3, -0.25) is 0 Å². The summed E-state index contributed by atoms with van der Waals surface area (Å²) in [6, 6.07) is 0. The molecule has 0 aliphatic carbocycles. The molecule has 0 radical (unpaired) electrons. The summed E-state index contributed by atoms with van der Waals surface area (Å²) in [5, 5.41) is 6.73. The van der Waals surface area contributed by atoms with Crippen molar-refractivity contribution in [1.82, 2.24) is 0 Å². The first-order valence-electron chi connectivity index (χ1n) is 2.21. The summed E-state index contributed by atoms with van der Waals surface area (Å²) in [6.07, 6.45) is 3.24. The molecule has 0 atom stereocenters. The Morgan fingerprint density at radius 3 is 3.00 bits per heavy atom. The third kappa shape index (κ3) is 0.871. The first-order chi connectivity index (χ1) is 3.43. The predicted octanol–water partition coefficient (Wildman–Crippen LogP) is 0.593. The maximum Gasteiger partial charge on any atom is 0.0733 e. The molecule has 7 heavy (non-hydrogen) atoms. The van der Waals surface area contributed by atoms with Crippen molar-refractivity contribution in [3.05, 3.63) is 11.6 Å². The highest BCUT2D eigenvalue weighted by Gasteiger charge is 1.98. The van der Waals surface area contributed by atoms with E-state index in [0.29, 0.717) is 13.2 Å². The SMILES string of the molecule is N=CC1=CCOC1. The van der Waals surface area contributed by atoms with E-state index >= 15 is 0 Å². The smallest absolute Gasteiger partial charge is 0.0733 e. The molecule has 1 aliphatic heterocycles. The van der Waals surface area contributed by atoms with E-state index in [1.807, 2.05) is 6.08 Å². The Labute approximate surface area is 42.3 Å². The third-order valence-corrected chi connectivity index (χ3v) is 0.917. The van der Waals surface area contributed by atoms with Crippen molar-refractivity contribution in [2.24, 2.45) is 0 Å². The Balaban J connectivity index is 2.51. The molecule has 0 bridgehead atoms. The van der Waals surface area contributed by atoms with E-state index in [9.17, 15) is 0 Å². The minimum Gasteiger partial charge on any atom is -0.373 e. The van der Waals surface area contributed by atoms with Gasteiger partial charge in [0, 0.05) is 6.21 Å². The van der Waals surface area contributed by atoms with Gasteiger partial charge in [0.15, 0.2) is 0 Å². The number of hydrogen-bond acceptors (Lipinski definition) is 2. The number of nitrogens with one attached hydrogen (secondary N) is 1. The molecule has 0 saturated heterocycles. The second-order valence-corrected chi connectivity index (χ2v) is 1.44. The van der Waals surface area contributed by atoms with Gasteiger partial charge in [-0.25, -0.2) is 0 Å². The van der Waals surface area contributed by atoms with Crippen molar-refractivity contribution in [1.29, 1.82) is 5.41 Å². The van der Waals surface area contributed by atoms with Gasteiger partial charge in [-0.05, 0) is 5.57 Å². The summed E-state index contributed by atoms with van der Waals surface area (Å²) in [4.78, 5) is 0. The molecular weight excluding hydrogens is 90.1 g/mol. The molecule has 0 aromatic carbocycles. The number of hydrogen-bond donors (Lipinski definition) is 1. The predicted molar refractivity (Wildman–Crippen MR) is 27.7 cm³/mol. The van der Waals surface area contributed by atoms with Crippen LogP contribution in [0, 0.1) is 5.41 Å². The first-order valence-corrected chi connectivity index (χ1v) is 2.21. The molecule has 0 aromatic heterocycles. The van der Waals surface area contributed by atoms with Gasteiger partial charge in [0.1, 0.15) is 0 Å². The molecule has 0 amide bonds. The Kier molecular flexibility index (Phi) is 1.22. The summed E-state index contributed by atoms with van der Waals surface area (Å²) >= 11 is 0. The van der Waals surface area contributed by atoms with E-state index in [1.165, 1.54) is 6.21 Å². The highest BCUT2D eigenvalue weighted by Crippen LogP contribution is 1.98. The van der Waals surface area contributed by atoms with Gasteiger partial charge >= 0.3 is 0 Å². The van der Waals surface area contributed by atoms with Crippen molar-refractivity contribution in [3.8, 4) is 0 Å². The van der Waals surface area contributed by atoms with Crippen molar-refractivity contribution in [2.75, 3.05) is 13.2 Å². The fourth-order valence-electron chi connectivity index (χ4n) is 0.502. The van der Waals surface area contributed by atoms with Crippen LogP contribution in [0.4, 0.5) is 0 Å². The van der Waals surface area contributed by atoms with Crippen molar-refractivity contribution < 1.29 is 4.74 Å². The van der Waals surface area contributed by atoms with Crippen LogP contribution in [-0.2, 0) is 4.74 Å². The lowest BCUT2D eigenvalue weighted by atomic mass is 10.3. The molecular formula is C5H7NO. The molecule has 2 nitrogen and oxygen atoms in total. The van der Waals surface area contributed by atoms with Crippen LogP contribution in [0.5, 0.6) is 0 Å². The molecule has 1 rings (SSSR count). The molecule has 1 N–H and O–H groups in total. The molecule has 0 fully saturated rings. The zero-order chi connectivity index (χ0) is 5.11. The average molecular weight is 97.1 g/mol. The molecule has 0 spiro atoms. The Morgan fingerprint density at radius 2 is 2.71 bits per heavy atom. The second-order valence-electron chi connectivity index (χ2n) is 1.44. The van der Waals surface area contributed by atoms with E-state index in [1.54, 1.807) is 0 Å². The van der Waals surface area contributed by atoms with Crippen LogP contribution in [0.2, 0.25) is 0 Å². The lowest BCUT2D eigenvalue weighted by Gasteiger charge is -1.84. The third-order valence-electron chi connectivity index (χ3n) is 0.917. The Morgan fingerprint density at radius 1 is 1.86 bits per heavy atom. The van der Waals surface area contributed by atoms with Gasteiger partial charge in [0.25, 0.3) is 0 Å². The van der Waals surface area contributed by atoms with Gasteiger partial charge in [-0.15, -0.1) is 0 Å². The Hall–Kier alpha value is -0.630. The lowest BCUT2D eigenvalue weighted by Crippen LogP contribution is -1.85. The van der Waals surface area contributed by atoms with Gasteiger partial charge in [-0.1, -0.05) is 6.08 Å². The molecule has 0 unspecified atom stereocenters. The highest BCUT2D eigenvalue weighted by molar-refractivity contribution is 5.76. The van der Waals surface area contributed by atoms with Crippen LogP contribution >= 0.6 is 0 Å². The average Bonchev–Trinajstić information content (AvgIpc) is 2.14. The van der Waals surface area contributed by atoms with Crippen molar-refractivity contribution in [3.63, 3.8) is 0 Å². The Bertz CT molecular complexity index is 107. The molecule has 38 valence electrons. The normalized spacial score (nSPS) is 19.1. The van der Waals surface area contributed by atoms with Gasteiger partial charge < -0.3 is 10.1 Å². The maximum atomic E-state index is 6.73. The lowest BCUT2D eigenvalue weighted by molar-refractivity contribution is 0.211. The highest BCUT2D eigenvalue weighted by atomic mass is 16.5. The molecule has 1 heterocycles.